The standard InChI is InChI=1S/C13H16BrNO3S/c1-10-3-2-6-15(8-10)19(17,18)13-5-4-11(9-16)7-12(13)14/h3-5,7,16H,2,6,8-9H2,1H3. The summed E-state index contributed by atoms with van der Waals surface area (Å²) in [5.74, 6) is 0. The largest absolute Gasteiger partial charge is 0.392 e. The summed E-state index contributed by atoms with van der Waals surface area (Å²) >= 11 is 3.27. The van der Waals surface area contributed by atoms with E-state index in [4.69, 9.17) is 5.11 Å². The summed E-state index contributed by atoms with van der Waals surface area (Å²) in [6.07, 6.45) is 2.81. The molecule has 0 amide bonds. The first-order valence-electron chi connectivity index (χ1n) is 6.00. The number of rotatable bonds is 3. The fourth-order valence-electron chi connectivity index (χ4n) is 2.07. The molecular formula is C13H16BrNO3S. The fraction of sp³-hybridized carbons (Fsp3) is 0.385. The van der Waals surface area contributed by atoms with Crippen molar-refractivity contribution in [2.75, 3.05) is 13.1 Å². The van der Waals surface area contributed by atoms with Gasteiger partial charge < -0.3 is 5.11 Å². The van der Waals surface area contributed by atoms with E-state index in [0.717, 1.165) is 12.0 Å². The first-order chi connectivity index (χ1) is 8.95. The minimum Gasteiger partial charge on any atom is -0.392 e. The Morgan fingerprint density at radius 2 is 2.16 bits per heavy atom. The summed E-state index contributed by atoms with van der Waals surface area (Å²) in [7, 11) is -3.49. The Morgan fingerprint density at radius 1 is 1.42 bits per heavy atom. The lowest BCUT2D eigenvalue weighted by Gasteiger charge is -2.26. The number of nitrogens with zero attached hydrogens (tertiary/aromatic N) is 1. The molecule has 2 rings (SSSR count). The number of sulfonamides is 1. The highest BCUT2D eigenvalue weighted by molar-refractivity contribution is 9.10. The third kappa shape index (κ3) is 3.08. The molecule has 0 spiro atoms. The molecule has 0 aromatic heterocycles. The van der Waals surface area contributed by atoms with Crippen molar-refractivity contribution in [3.05, 3.63) is 39.9 Å². The van der Waals surface area contributed by atoms with Crippen LogP contribution in [0.3, 0.4) is 0 Å². The van der Waals surface area contributed by atoms with E-state index < -0.39 is 10.0 Å². The van der Waals surface area contributed by atoms with E-state index in [1.807, 2.05) is 6.92 Å². The molecule has 0 fully saturated rings. The minimum atomic E-state index is -3.49. The van der Waals surface area contributed by atoms with Gasteiger partial charge in [-0.3, -0.25) is 0 Å². The van der Waals surface area contributed by atoms with Crippen LogP contribution < -0.4 is 0 Å². The molecule has 0 atom stereocenters. The van der Waals surface area contributed by atoms with Crippen molar-refractivity contribution in [2.24, 2.45) is 0 Å². The zero-order valence-corrected chi connectivity index (χ0v) is 13.0. The number of aliphatic hydroxyl groups excluding tert-OH is 1. The SMILES string of the molecule is CC1=CCCN(S(=O)(=O)c2ccc(CO)cc2Br)C1. The lowest BCUT2D eigenvalue weighted by atomic mass is 10.2. The number of hydrogen-bond acceptors (Lipinski definition) is 3. The molecule has 0 aliphatic carbocycles. The molecule has 0 unspecified atom stereocenters. The third-order valence-electron chi connectivity index (χ3n) is 3.09. The summed E-state index contributed by atoms with van der Waals surface area (Å²) < 4.78 is 27.1. The van der Waals surface area contributed by atoms with Crippen molar-refractivity contribution >= 4 is 26.0 Å². The van der Waals surface area contributed by atoms with E-state index in [9.17, 15) is 8.42 Å². The van der Waals surface area contributed by atoms with Crippen LogP contribution in [0.1, 0.15) is 18.9 Å². The van der Waals surface area contributed by atoms with E-state index in [-0.39, 0.29) is 11.5 Å². The monoisotopic (exact) mass is 345 g/mol. The molecule has 0 saturated heterocycles. The number of benzene rings is 1. The second-order valence-electron chi connectivity index (χ2n) is 4.60. The second kappa shape index (κ2) is 5.75. The Labute approximate surface area is 121 Å². The Balaban J connectivity index is 2.37. The summed E-state index contributed by atoms with van der Waals surface area (Å²) in [5.41, 5.74) is 1.75. The molecule has 6 heteroatoms. The highest BCUT2D eigenvalue weighted by Crippen LogP contribution is 2.28. The molecule has 1 aromatic carbocycles. The average Bonchev–Trinajstić information content (AvgIpc) is 2.38. The van der Waals surface area contributed by atoms with E-state index in [2.05, 4.69) is 22.0 Å². The van der Waals surface area contributed by atoms with Gasteiger partial charge in [0, 0.05) is 17.6 Å². The van der Waals surface area contributed by atoms with Crippen molar-refractivity contribution < 1.29 is 13.5 Å². The maximum atomic E-state index is 12.6. The Bertz CT molecular complexity index is 610. The van der Waals surface area contributed by atoms with Crippen LogP contribution in [0.25, 0.3) is 0 Å². The highest BCUT2D eigenvalue weighted by atomic mass is 79.9. The van der Waals surface area contributed by atoms with Crippen molar-refractivity contribution in [1.82, 2.24) is 4.31 Å². The quantitative estimate of drug-likeness (QED) is 0.855. The van der Waals surface area contributed by atoms with Crippen LogP contribution in [-0.2, 0) is 16.6 Å². The number of hydrogen-bond donors (Lipinski definition) is 1. The van der Waals surface area contributed by atoms with Gasteiger partial charge in [-0.1, -0.05) is 17.7 Å². The maximum Gasteiger partial charge on any atom is 0.244 e. The molecule has 0 radical (unpaired) electrons. The summed E-state index contributed by atoms with van der Waals surface area (Å²) in [6.45, 7) is 2.78. The van der Waals surface area contributed by atoms with E-state index in [1.165, 1.54) is 4.31 Å². The first-order valence-corrected chi connectivity index (χ1v) is 8.23. The molecule has 0 bridgehead atoms. The lowest BCUT2D eigenvalue weighted by Crippen LogP contribution is -2.35. The average molecular weight is 346 g/mol. The lowest BCUT2D eigenvalue weighted by molar-refractivity contribution is 0.281. The van der Waals surface area contributed by atoms with Gasteiger partial charge in [0.05, 0.1) is 11.5 Å². The summed E-state index contributed by atoms with van der Waals surface area (Å²) in [4.78, 5) is 0.249. The number of halogens is 1. The van der Waals surface area contributed by atoms with Gasteiger partial charge in [0.25, 0.3) is 0 Å². The summed E-state index contributed by atoms with van der Waals surface area (Å²) in [5, 5.41) is 9.05. The normalized spacial score (nSPS) is 17.3. The van der Waals surface area contributed by atoms with Gasteiger partial charge in [-0.2, -0.15) is 4.31 Å². The first kappa shape index (κ1) is 14.7. The fourth-order valence-corrected chi connectivity index (χ4v) is 4.66. The Kier molecular flexibility index (Phi) is 4.45. The van der Waals surface area contributed by atoms with Gasteiger partial charge in [0.2, 0.25) is 10.0 Å². The summed E-state index contributed by atoms with van der Waals surface area (Å²) in [6, 6.07) is 4.81. The predicted molar refractivity (Wildman–Crippen MR) is 77.2 cm³/mol. The molecule has 1 N–H and O–H groups in total. The molecular weight excluding hydrogens is 330 g/mol. The Morgan fingerprint density at radius 3 is 2.74 bits per heavy atom. The highest BCUT2D eigenvalue weighted by Gasteiger charge is 2.27. The molecule has 104 valence electrons. The molecule has 0 saturated carbocycles. The molecule has 1 heterocycles. The Hall–Kier alpha value is -0.690. The van der Waals surface area contributed by atoms with Gasteiger partial charge in [-0.25, -0.2) is 8.42 Å². The van der Waals surface area contributed by atoms with Gasteiger partial charge in [0.1, 0.15) is 0 Å². The van der Waals surface area contributed by atoms with Crippen LogP contribution in [-0.4, -0.2) is 30.9 Å². The van der Waals surface area contributed by atoms with Crippen LogP contribution in [0.2, 0.25) is 0 Å². The molecule has 1 aliphatic rings. The van der Waals surface area contributed by atoms with Gasteiger partial charge in [-0.15, -0.1) is 0 Å². The van der Waals surface area contributed by atoms with E-state index in [0.29, 0.717) is 23.1 Å². The van der Waals surface area contributed by atoms with E-state index in [1.54, 1.807) is 18.2 Å². The van der Waals surface area contributed by atoms with Crippen molar-refractivity contribution in [3.8, 4) is 0 Å². The third-order valence-corrected chi connectivity index (χ3v) is 5.92. The molecule has 4 nitrogen and oxygen atoms in total. The van der Waals surface area contributed by atoms with Crippen LogP contribution in [0.15, 0.2) is 39.2 Å². The maximum absolute atomic E-state index is 12.6. The molecule has 1 aliphatic heterocycles. The molecule has 1 aromatic rings. The van der Waals surface area contributed by atoms with Gasteiger partial charge in [-0.05, 0) is 47.0 Å². The van der Waals surface area contributed by atoms with Crippen molar-refractivity contribution in [1.29, 1.82) is 0 Å². The minimum absolute atomic E-state index is 0.107. The smallest absolute Gasteiger partial charge is 0.244 e. The van der Waals surface area contributed by atoms with Gasteiger partial charge >= 0.3 is 0 Å². The van der Waals surface area contributed by atoms with Crippen molar-refractivity contribution in [2.45, 2.75) is 24.8 Å². The topological polar surface area (TPSA) is 57.6 Å². The predicted octanol–water partition coefficient (Wildman–Crippen LogP) is 2.28. The van der Waals surface area contributed by atoms with Crippen LogP contribution in [0.5, 0.6) is 0 Å². The second-order valence-corrected chi connectivity index (χ2v) is 7.36. The van der Waals surface area contributed by atoms with Gasteiger partial charge in [0.15, 0.2) is 0 Å². The van der Waals surface area contributed by atoms with Crippen molar-refractivity contribution in [3.63, 3.8) is 0 Å². The number of aliphatic hydroxyl groups is 1. The van der Waals surface area contributed by atoms with Crippen LogP contribution in [0, 0.1) is 0 Å². The van der Waals surface area contributed by atoms with Crippen LogP contribution >= 0.6 is 15.9 Å². The zero-order valence-electron chi connectivity index (χ0n) is 10.6. The zero-order chi connectivity index (χ0) is 14.0. The molecule has 19 heavy (non-hydrogen) atoms. The van der Waals surface area contributed by atoms with Crippen LogP contribution in [0.4, 0.5) is 0 Å². The van der Waals surface area contributed by atoms with E-state index >= 15 is 0 Å².